The zero-order valence-corrected chi connectivity index (χ0v) is 16.3. The Balaban J connectivity index is 1.92. The van der Waals surface area contributed by atoms with E-state index < -0.39 is 0 Å². The molecule has 1 aliphatic rings. The quantitative estimate of drug-likeness (QED) is 0.457. The van der Waals surface area contributed by atoms with Gasteiger partial charge in [-0.2, -0.15) is 0 Å². The number of ether oxygens (including phenoxy) is 1. The number of nitrogens with one attached hydrogen (secondary N) is 1. The summed E-state index contributed by atoms with van der Waals surface area (Å²) in [7, 11) is 1.44. The molecule has 2 rings (SSSR count). The lowest BCUT2D eigenvalue weighted by molar-refractivity contribution is -0.146. The highest BCUT2D eigenvalue weighted by Gasteiger charge is 2.26. The van der Waals surface area contributed by atoms with Crippen molar-refractivity contribution in [3.63, 3.8) is 0 Å². The van der Waals surface area contributed by atoms with Crippen molar-refractivity contribution >= 4 is 27.9 Å². The fourth-order valence-electron chi connectivity index (χ4n) is 2.91. The average Bonchev–Trinajstić information content (AvgIpc) is 2.63. The molecule has 0 amide bonds. The van der Waals surface area contributed by atoms with Gasteiger partial charge in [0.15, 0.2) is 5.96 Å². The molecule has 0 unspecified atom stereocenters. The Morgan fingerprint density at radius 2 is 2.16 bits per heavy atom. The molecule has 1 aromatic carbocycles. The molecule has 1 N–H and O–H groups in total. The minimum absolute atomic E-state index is 0.0132. The van der Waals surface area contributed by atoms with Gasteiger partial charge in [0.05, 0.1) is 17.5 Å². The first kappa shape index (κ1) is 19.7. The maximum Gasteiger partial charge on any atom is 0.308 e. The van der Waals surface area contributed by atoms with Crippen LogP contribution in [0.2, 0.25) is 0 Å². The van der Waals surface area contributed by atoms with Crippen LogP contribution in [0.4, 0.5) is 4.39 Å². The molecule has 25 heavy (non-hydrogen) atoms. The monoisotopic (exact) mass is 413 g/mol. The molecule has 0 spiro atoms. The van der Waals surface area contributed by atoms with E-state index in [1.165, 1.54) is 13.2 Å². The van der Waals surface area contributed by atoms with Crippen LogP contribution < -0.4 is 5.32 Å². The number of piperidine rings is 1. The van der Waals surface area contributed by atoms with Gasteiger partial charge < -0.3 is 15.0 Å². The van der Waals surface area contributed by atoms with E-state index in [2.05, 4.69) is 31.1 Å². The number of nitrogens with zero attached hydrogens (tertiary/aromatic N) is 2. The minimum Gasteiger partial charge on any atom is -0.469 e. The summed E-state index contributed by atoms with van der Waals surface area (Å²) in [4.78, 5) is 18.5. The van der Waals surface area contributed by atoms with Crippen molar-refractivity contribution in [3.05, 3.63) is 34.1 Å². The van der Waals surface area contributed by atoms with Crippen LogP contribution in [0.5, 0.6) is 0 Å². The molecule has 1 saturated heterocycles. The third-order valence-electron chi connectivity index (χ3n) is 4.31. The van der Waals surface area contributed by atoms with Gasteiger partial charge in [0.25, 0.3) is 0 Å². The van der Waals surface area contributed by atoms with Crippen LogP contribution >= 0.6 is 15.9 Å². The topological polar surface area (TPSA) is 53.9 Å². The molecule has 5 nitrogen and oxygen atoms in total. The molecule has 1 aromatic rings. The fourth-order valence-corrected chi connectivity index (χ4v) is 3.33. The molecular weight excluding hydrogens is 389 g/mol. The van der Waals surface area contributed by atoms with Gasteiger partial charge in [-0.25, -0.2) is 4.39 Å². The number of methoxy groups -OCH3 is 1. The van der Waals surface area contributed by atoms with Crippen LogP contribution in [0.15, 0.2) is 27.7 Å². The molecule has 0 atom stereocenters. The van der Waals surface area contributed by atoms with Crippen molar-refractivity contribution in [3.8, 4) is 0 Å². The first-order valence-electron chi connectivity index (χ1n) is 8.60. The van der Waals surface area contributed by atoms with Crippen LogP contribution in [0, 0.1) is 11.7 Å². The number of rotatable bonds is 5. The molecule has 1 aliphatic heterocycles. The number of benzene rings is 1. The second kappa shape index (κ2) is 9.75. The SMILES string of the molecule is CCNC(=NCCc1ccc(F)c(Br)c1)N1CCC(C(=O)OC)CC1. The molecule has 0 radical (unpaired) electrons. The van der Waals surface area contributed by atoms with Crippen LogP contribution in [0.3, 0.4) is 0 Å². The van der Waals surface area contributed by atoms with Crippen LogP contribution in [0.1, 0.15) is 25.3 Å². The highest BCUT2D eigenvalue weighted by molar-refractivity contribution is 9.10. The van der Waals surface area contributed by atoms with Crippen LogP contribution in [-0.2, 0) is 16.0 Å². The number of carbonyl (C=O) groups excluding carboxylic acids is 1. The fraction of sp³-hybridized carbons (Fsp3) is 0.556. The lowest BCUT2D eigenvalue weighted by Gasteiger charge is -2.33. The van der Waals surface area contributed by atoms with Gasteiger partial charge in [0.1, 0.15) is 5.82 Å². The van der Waals surface area contributed by atoms with Crippen molar-refractivity contribution in [2.75, 3.05) is 33.3 Å². The highest BCUT2D eigenvalue weighted by atomic mass is 79.9. The van der Waals surface area contributed by atoms with Crippen LogP contribution in [0.25, 0.3) is 0 Å². The Bertz CT molecular complexity index is 616. The molecule has 0 aromatic heterocycles. The van der Waals surface area contributed by atoms with Gasteiger partial charge in [0.2, 0.25) is 0 Å². The van der Waals surface area contributed by atoms with Crippen molar-refractivity contribution in [2.45, 2.75) is 26.2 Å². The Hall–Kier alpha value is -1.63. The summed E-state index contributed by atoms with van der Waals surface area (Å²) in [6, 6.07) is 5.04. The molecule has 1 heterocycles. The van der Waals surface area contributed by atoms with Crippen molar-refractivity contribution < 1.29 is 13.9 Å². The number of hydrogen-bond donors (Lipinski definition) is 1. The minimum atomic E-state index is -0.255. The molecule has 0 bridgehead atoms. The Morgan fingerprint density at radius 3 is 2.76 bits per heavy atom. The summed E-state index contributed by atoms with van der Waals surface area (Å²) < 4.78 is 18.6. The summed E-state index contributed by atoms with van der Waals surface area (Å²) in [6.45, 7) is 5.02. The highest BCUT2D eigenvalue weighted by Crippen LogP contribution is 2.19. The number of hydrogen-bond acceptors (Lipinski definition) is 3. The van der Waals surface area contributed by atoms with E-state index in [0.717, 1.165) is 50.4 Å². The second-order valence-corrected chi connectivity index (χ2v) is 6.87. The van der Waals surface area contributed by atoms with E-state index in [4.69, 9.17) is 4.74 Å². The Labute approximate surface area is 156 Å². The summed E-state index contributed by atoms with van der Waals surface area (Å²) in [5.74, 6) is 0.477. The molecule has 138 valence electrons. The van der Waals surface area contributed by atoms with E-state index in [9.17, 15) is 9.18 Å². The smallest absolute Gasteiger partial charge is 0.308 e. The Kier molecular flexibility index (Phi) is 7.68. The van der Waals surface area contributed by atoms with Crippen molar-refractivity contribution in [1.29, 1.82) is 0 Å². The maximum atomic E-state index is 13.3. The van der Waals surface area contributed by atoms with E-state index in [-0.39, 0.29) is 17.7 Å². The number of likely N-dealkylation sites (tertiary alicyclic amines) is 1. The molecule has 0 aliphatic carbocycles. The third kappa shape index (κ3) is 5.70. The maximum absolute atomic E-state index is 13.3. The second-order valence-electron chi connectivity index (χ2n) is 6.02. The summed E-state index contributed by atoms with van der Waals surface area (Å²) in [6.07, 6.45) is 2.30. The lowest BCUT2D eigenvalue weighted by atomic mass is 9.97. The van der Waals surface area contributed by atoms with Crippen molar-refractivity contribution in [2.24, 2.45) is 10.9 Å². The number of halogens is 2. The van der Waals surface area contributed by atoms with Crippen molar-refractivity contribution in [1.82, 2.24) is 10.2 Å². The molecule has 0 saturated carbocycles. The molecular formula is C18H25BrFN3O2. The first-order chi connectivity index (χ1) is 12.0. The summed E-state index contributed by atoms with van der Waals surface area (Å²) in [5.41, 5.74) is 1.04. The van der Waals surface area contributed by atoms with Gasteiger partial charge in [-0.3, -0.25) is 9.79 Å². The average molecular weight is 414 g/mol. The van der Waals surface area contributed by atoms with Crippen LogP contribution in [-0.4, -0.2) is 50.1 Å². The number of carbonyl (C=O) groups is 1. The van der Waals surface area contributed by atoms with E-state index in [0.29, 0.717) is 11.0 Å². The predicted molar refractivity (Wildman–Crippen MR) is 100 cm³/mol. The van der Waals surface area contributed by atoms with E-state index >= 15 is 0 Å². The number of esters is 1. The van der Waals surface area contributed by atoms with Gasteiger partial charge in [-0.1, -0.05) is 6.07 Å². The first-order valence-corrected chi connectivity index (χ1v) is 9.39. The van der Waals surface area contributed by atoms with Gasteiger partial charge >= 0.3 is 5.97 Å². The lowest BCUT2D eigenvalue weighted by Crippen LogP contribution is -2.46. The number of aliphatic imine (C=N–C) groups is 1. The number of guanidine groups is 1. The normalized spacial score (nSPS) is 16.0. The van der Waals surface area contributed by atoms with E-state index in [1.807, 2.05) is 6.92 Å². The summed E-state index contributed by atoms with van der Waals surface area (Å²) >= 11 is 3.21. The van der Waals surface area contributed by atoms with Gasteiger partial charge in [0, 0.05) is 26.2 Å². The largest absolute Gasteiger partial charge is 0.469 e. The molecule has 1 fully saturated rings. The van der Waals surface area contributed by atoms with E-state index in [1.54, 1.807) is 12.1 Å². The Morgan fingerprint density at radius 1 is 1.44 bits per heavy atom. The summed E-state index contributed by atoms with van der Waals surface area (Å²) in [5, 5.41) is 3.31. The molecule has 7 heteroatoms. The zero-order chi connectivity index (χ0) is 18.2. The van der Waals surface area contributed by atoms with Gasteiger partial charge in [-0.15, -0.1) is 0 Å². The standard InChI is InChI=1S/C18H25BrFN3O2/c1-3-21-18(23-10-7-14(8-11-23)17(24)25-2)22-9-6-13-4-5-16(20)15(19)12-13/h4-5,12,14H,3,6-11H2,1-2H3,(H,21,22). The predicted octanol–water partition coefficient (Wildman–Crippen LogP) is 2.98. The third-order valence-corrected chi connectivity index (χ3v) is 4.92. The zero-order valence-electron chi connectivity index (χ0n) is 14.7. The van der Waals surface area contributed by atoms with Gasteiger partial charge in [-0.05, 0) is 59.8 Å².